The number of methoxy groups -OCH3 is 6. The Bertz CT molecular complexity index is 2140. The first-order valence-corrected chi connectivity index (χ1v) is 31.3. The van der Waals surface area contributed by atoms with E-state index in [1.165, 1.54) is 42.5 Å². The van der Waals surface area contributed by atoms with Crippen LogP contribution in [0, 0.1) is 17.8 Å². The molecule has 4 N–H and O–H groups in total. The van der Waals surface area contributed by atoms with E-state index in [0.29, 0.717) is 43.8 Å². The Balaban J connectivity index is 1.36. The zero-order valence-corrected chi connectivity index (χ0v) is 54.3. The summed E-state index contributed by atoms with van der Waals surface area (Å²) in [6.07, 6.45) is -16.2. The van der Waals surface area contributed by atoms with Crippen molar-refractivity contribution in [1.82, 2.24) is 0 Å². The molecular weight excluding hydrogens is 1140 g/mol. The second-order valence-corrected chi connectivity index (χ2v) is 23.8. The highest BCUT2D eigenvalue weighted by Gasteiger charge is 2.57. The molecule has 1 aromatic rings. The summed E-state index contributed by atoms with van der Waals surface area (Å²) in [5, 5.41) is 43.4. The van der Waals surface area contributed by atoms with Crippen LogP contribution in [-0.2, 0) is 96.6 Å². The molecular formula is C63H106O24. The smallest absolute Gasteiger partial charge is 0.308 e. The number of carbonyl (C=O) groups excluding carboxylic acids is 3. The van der Waals surface area contributed by atoms with Crippen LogP contribution in [0.5, 0.6) is 5.75 Å². The van der Waals surface area contributed by atoms with Gasteiger partial charge in [-0.05, 0) is 82.9 Å². The van der Waals surface area contributed by atoms with Gasteiger partial charge >= 0.3 is 17.9 Å². The number of aliphatic hydroxyl groups is 4. The maximum absolute atomic E-state index is 13.6. The summed E-state index contributed by atoms with van der Waals surface area (Å²) in [7, 11) is 8.76. The van der Waals surface area contributed by atoms with Gasteiger partial charge in [0, 0.05) is 62.4 Å². The van der Waals surface area contributed by atoms with E-state index in [9.17, 15) is 34.8 Å². The second-order valence-electron chi connectivity index (χ2n) is 23.8. The largest absolute Gasteiger partial charge is 0.462 e. The van der Waals surface area contributed by atoms with Crippen LogP contribution in [0.25, 0.3) is 0 Å². The van der Waals surface area contributed by atoms with Gasteiger partial charge in [0.25, 0.3) is 0 Å². The van der Waals surface area contributed by atoms with Crippen molar-refractivity contribution in [1.29, 1.82) is 0 Å². The van der Waals surface area contributed by atoms with Gasteiger partial charge < -0.3 is 101 Å². The number of hydrogen-bond acceptors (Lipinski definition) is 24. The average Bonchev–Trinajstić information content (AvgIpc) is 0.929. The van der Waals surface area contributed by atoms with E-state index in [-0.39, 0.29) is 29.9 Å². The van der Waals surface area contributed by atoms with Crippen molar-refractivity contribution in [2.45, 2.75) is 281 Å². The number of carbonyl (C=O) groups is 3. The molecule has 24 heteroatoms. The molecule has 4 aliphatic heterocycles. The number of esters is 3. The molecule has 0 bridgehead atoms. The maximum Gasteiger partial charge on any atom is 0.308 e. The molecule has 0 saturated carbocycles. The molecule has 4 saturated heterocycles. The third-order valence-electron chi connectivity index (χ3n) is 17.3. The molecule has 4 heterocycles. The fraction of sp³-hybridized carbons (Fsp3) is 0.857. The molecule has 18 unspecified atom stereocenters. The Kier molecular flexibility index (Phi) is 31.4. The quantitative estimate of drug-likeness (QED) is 0.0370. The van der Waals surface area contributed by atoms with Crippen molar-refractivity contribution in [2.75, 3.05) is 49.3 Å². The Morgan fingerprint density at radius 1 is 0.540 bits per heavy atom. The summed E-state index contributed by atoms with van der Waals surface area (Å²) in [6, 6.07) is 7.37. The van der Waals surface area contributed by atoms with Crippen molar-refractivity contribution in [3.8, 4) is 5.75 Å². The van der Waals surface area contributed by atoms with Gasteiger partial charge in [-0.3, -0.25) is 14.4 Å². The summed E-state index contributed by atoms with van der Waals surface area (Å²) >= 11 is 0. The van der Waals surface area contributed by atoms with E-state index < -0.39 is 148 Å². The molecule has 24 nitrogen and oxygen atoms in total. The van der Waals surface area contributed by atoms with Gasteiger partial charge in [0.15, 0.2) is 25.0 Å². The van der Waals surface area contributed by atoms with Gasteiger partial charge in [-0.2, -0.15) is 0 Å². The van der Waals surface area contributed by atoms with Crippen molar-refractivity contribution in [3.05, 3.63) is 29.8 Å². The summed E-state index contributed by atoms with van der Waals surface area (Å²) in [4.78, 5) is 39.6. The van der Waals surface area contributed by atoms with Crippen LogP contribution >= 0.6 is 0 Å². The Morgan fingerprint density at radius 3 is 1.55 bits per heavy atom. The van der Waals surface area contributed by atoms with Crippen LogP contribution in [0.4, 0.5) is 0 Å². The molecule has 0 aromatic heterocycles. The number of aliphatic hydroxyl groups excluding tert-OH is 4. The molecule has 0 aliphatic carbocycles. The number of rotatable bonds is 35. The molecule has 0 spiro atoms. The fourth-order valence-corrected chi connectivity index (χ4v) is 12.3. The van der Waals surface area contributed by atoms with E-state index in [1.54, 1.807) is 40.0 Å². The van der Waals surface area contributed by atoms with E-state index in [2.05, 4.69) is 13.8 Å². The van der Waals surface area contributed by atoms with Crippen molar-refractivity contribution < 1.29 is 115 Å². The molecule has 502 valence electrons. The van der Waals surface area contributed by atoms with E-state index in [1.807, 2.05) is 39.8 Å². The third-order valence-corrected chi connectivity index (χ3v) is 17.3. The van der Waals surface area contributed by atoms with Gasteiger partial charge in [-0.15, -0.1) is 0 Å². The highest BCUT2D eigenvalue weighted by atomic mass is 16.8. The standard InChI is InChI=1S/C63H106O24/c1-17-22-34(5)58(69)81-42(25-21-20-24-33(4)44(19-3)71-11)31-43(82-59(70)35(6)23-18-2)30-40-26-28-41(29-27-40)83-61-56(75-15)53(49(72-12)37(8)78-61)86-62-55(74-14)51(46(66)36(7)77-62)85-63-57(76-16)54(50(38(9)79-63)80-39(10)65)87-60-52(73-13)48(68)47(67)45(32-64)84-60/h26-29,33-38,42-57,60-64,66-68H,17-25,30-32H2,1-16H3/t33?,34?,35?,36?,37?,38?,42?,43?,44?,45?,46-,47-,48?,49-,50+,51?,52?,53?,54?,55?,56?,57?,60+,61-,62-,63-/m1/s1. The number of hydrogen-bond donors (Lipinski definition) is 4. The lowest BCUT2D eigenvalue weighted by molar-refractivity contribution is -0.388. The van der Waals surface area contributed by atoms with Crippen LogP contribution in [0.2, 0.25) is 0 Å². The SMILES string of the molecule is CCCC(C)C(=O)OC(CCCCC(C)C(CC)OC)CC(Cc1ccc(O[C@H]2OC(C)[C@@H](OC)C(O[C@H]3OC(C)[C@@H](O)C(O[C@H]4OC(C)[C@H](OC(C)=O)C(O[C@@H]5OC(CO)[C@@H](O)C(O)C5OC)C4OC)C3OC)C2OC)cc1)OC(=O)C(C)CCC. The highest BCUT2D eigenvalue weighted by Crippen LogP contribution is 2.38. The fourth-order valence-electron chi connectivity index (χ4n) is 12.3. The first-order chi connectivity index (χ1) is 41.6. The Morgan fingerprint density at radius 2 is 1.02 bits per heavy atom. The minimum absolute atomic E-state index is 0.176. The molecule has 5 rings (SSSR count). The van der Waals surface area contributed by atoms with E-state index in [0.717, 1.165) is 44.1 Å². The van der Waals surface area contributed by atoms with Crippen molar-refractivity contribution in [2.24, 2.45) is 17.8 Å². The number of ether oxygens (including phenoxy) is 17. The predicted octanol–water partition coefficient (Wildman–Crippen LogP) is 5.51. The third kappa shape index (κ3) is 20.1. The summed E-state index contributed by atoms with van der Waals surface area (Å²) in [6.45, 7) is 17.8. The predicted molar refractivity (Wildman–Crippen MR) is 313 cm³/mol. The molecule has 4 fully saturated rings. The molecule has 1 aromatic carbocycles. The monoisotopic (exact) mass is 1250 g/mol. The van der Waals surface area contributed by atoms with Crippen LogP contribution < -0.4 is 4.74 Å². The normalized spacial score (nSPS) is 35.1. The highest BCUT2D eigenvalue weighted by molar-refractivity contribution is 5.72. The molecule has 26 atom stereocenters. The molecule has 0 radical (unpaired) electrons. The zero-order chi connectivity index (χ0) is 64.2. The number of unbranched alkanes of at least 4 members (excludes halogenated alkanes) is 1. The number of benzene rings is 1. The van der Waals surface area contributed by atoms with Crippen LogP contribution in [0.1, 0.15) is 139 Å². The molecule has 87 heavy (non-hydrogen) atoms. The lowest BCUT2D eigenvalue weighted by Crippen LogP contribution is -2.67. The lowest BCUT2D eigenvalue weighted by Gasteiger charge is -2.50. The van der Waals surface area contributed by atoms with Gasteiger partial charge in [0.1, 0.15) is 91.2 Å². The Labute approximate surface area is 515 Å². The molecule has 0 amide bonds. The first kappa shape index (κ1) is 74.5. The van der Waals surface area contributed by atoms with E-state index in [4.69, 9.17) is 80.5 Å². The summed E-state index contributed by atoms with van der Waals surface area (Å²) in [5.41, 5.74) is 0.855. The topological polar surface area (TPSA) is 289 Å². The van der Waals surface area contributed by atoms with Crippen LogP contribution in [0.15, 0.2) is 24.3 Å². The van der Waals surface area contributed by atoms with Crippen LogP contribution in [0.3, 0.4) is 0 Å². The van der Waals surface area contributed by atoms with Gasteiger partial charge in [0.05, 0.1) is 42.9 Å². The van der Waals surface area contributed by atoms with Crippen molar-refractivity contribution >= 4 is 17.9 Å². The zero-order valence-electron chi connectivity index (χ0n) is 54.3. The molecule has 4 aliphatic rings. The van der Waals surface area contributed by atoms with Gasteiger partial charge in [-0.1, -0.05) is 72.9 Å². The minimum atomic E-state index is -1.55. The lowest BCUT2D eigenvalue weighted by atomic mass is 9.94. The van der Waals surface area contributed by atoms with E-state index >= 15 is 0 Å². The average molecular weight is 1250 g/mol. The Hall–Kier alpha value is -3.25. The summed E-state index contributed by atoms with van der Waals surface area (Å²) < 4.78 is 105. The maximum atomic E-state index is 13.6. The van der Waals surface area contributed by atoms with Gasteiger partial charge in [0.2, 0.25) is 6.29 Å². The first-order valence-electron chi connectivity index (χ1n) is 31.3. The van der Waals surface area contributed by atoms with Crippen LogP contribution in [-0.4, -0.2) is 229 Å². The van der Waals surface area contributed by atoms with Gasteiger partial charge in [-0.25, -0.2) is 0 Å². The van der Waals surface area contributed by atoms with Crippen molar-refractivity contribution in [3.63, 3.8) is 0 Å². The second kappa shape index (κ2) is 36.7. The summed E-state index contributed by atoms with van der Waals surface area (Å²) in [5.74, 6) is -0.993. The minimum Gasteiger partial charge on any atom is -0.462 e.